The first-order valence-electron chi connectivity index (χ1n) is 5.81. The summed E-state index contributed by atoms with van der Waals surface area (Å²) in [6.07, 6.45) is 7.02. The monoisotopic (exact) mass is 216 g/mol. The van der Waals surface area contributed by atoms with Crippen molar-refractivity contribution >= 4 is 16.8 Å². The second-order valence-corrected chi connectivity index (χ2v) is 5.19. The molecule has 0 amide bonds. The van der Waals surface area contributed by atoms with Crippen LogP contribution in [0.15, 0.2) is 0 Å². The number of carbonyl (C=O) groups excluding carboxylic acids is 1. The maximum Gasteiger partial charge on any atom is 0.221 e. The van der Waals surface area contributed by atoms with Crippen molar-refractivity contribution in [1.82, 2.24) is 0 Å². The summed E-state index contributed by atoms with van der Waals surface area (Å²) < 4.78 is 0. The summed E-state index contributed by atoms with van der Waals surface area (Å²) in [6.45, 7) is 4.52. The van der Waals surface area contributed by atoms with Gasteiger partial charge in [0, 0.05) is 6.42 Å². The van der Waals surface area contributed by atoms with Gasteiger partial charge in [-0.25, -0.2) is 0 Å². The standard InChI is InChI=1S/C12H21ClO/c1-3-4-10-5-6-11(8-12(13)14)9(2)7-10/h9-11H,3-8H2,1-2H3. The molecule has 0 heterocycles. The molecule has 0 aliphatic heterocycles. The zero-order chi connectivity index (χ0) is 10.6. The van der Waals surface area contributed by atoms with Gasteiger partial charge in [-0.15, -0.1) is 0 Å². The SMILES string of the molecule is CCCC1CCC(CC(=O)Cl)C(C)C1. The topological polar surface area (TPSA) is 17.1 Å². The lowest BCUT2D eigenvalue weighted by molar-refractivity contribution is -0.113. The summed E-state index contributed by atoms with van der Waals surface area (Å²) in [7, 11) is 0. The number of halogens is 1. The van der Waals surface area contributed by atoms with Gasteiger partial charge in [0.1, 0.15) is 0 Å². The summed E-state index contributed by atoms with van der Waals surface area (Å²) >= 11 is 5.44. The Hall–Kier alpha value is -0.0400. The van der Waals surface area contributed by atoms with Crippen molar-refractivity contribution in [3.8, 4) is 0 Å². The van der Waals surface area contributed by atoms with Crippen LogP contribution in [0.3, 0.4) is 0 Å². The molecular weight excluding hydrogens is 196 g/mol. The van der Waals surface area contributed by atoms with Crippen LogP contribution in [0.2, 0.25) is 0 Å². The Bertz CT molecular complexity index is 191. The minimum Gasteiger partial charge on any atom is -0.281 e. The van der Waals surface area contributed by atoms with Crippen LogP contribution in [-0.4, -0.2) is 5.24 Å². The Labute approximate surface area is 92.2 Å². The fourth-order valence-electron chi connectivity index (χ4n) is 2.75. The lowest BCUT2D eigenvalue weighted by atomic mass is 9.72. The highest BCUT2D eigenvalue weighted by Crippen LogP contribution is 2.37. The van der Waals surface area contributed by atoms with Crippen LogP contribution in [0.4, 0.5) is 0 Å². The van der Waals surface area contributed by atoms with E-state index in [-0.39, 0.29) is 5.24 Å². The van der Waals surface area contributed by atoms with E-state index in [2.05, 4.69) is 13.8 Å². The van der Waals surface area contributed by atoms with Gasteiger partial charge in [-0.05, 0) is 42.2 Å². The first-order valence-corrected chi connectivity index (χ1v) is 6.19. The third-order valence-electron chi connectivity index (χ3n) is 3.58. The third-order valence-corrected chi connectivity index (χ3v) is 3.73. The van der Waals surface area contributed by atoms with Crippen LogP contribution in [0.5, 0.6) is 0 Å². The number of rotatable bonds is 4. The van der Waals surface area contributed by atoms with E-state index >= 15 is 0 Å². The highest BCUT2D eigenvalue weighted by Gasteiger charge is 2.27. The van der Waals surface area contributed by atoms with E-state index in [1.807, 2.05) is 0 Å². The maximum atomic E-state index is 10.8. The molecule has 3 unspecified atom stereocenters. The van der Waals surface area contributed by atoms with E-state index < -0.39 is 0 Å². The van der Waals surface area contributed by atoms with E-state index in [1.165, 1.54) is 32.1 Å². The van der Waals surface area contributed by atoms with Gasteiger partial charge in [0.2, 0.25) is 5.24 Å². The molecule has 2 heteroatoms. The van der Waals surface area contributed by atoms with Crippen molar-refractivity contribution in [2.75, 3.05) is 0 Å². The molecule has 3 atom stereocenters. The van der Waals surface area contributed by atoms with Crippen molar-refractivity contribution in [3.63, 3.8) is 0 Å². The molecule has 0 radical (unpaired) electrons. The van der Waals surface area contributed by atoms with E-state index in [9.17, 15) is 4.79 Å². The van der Waals surface area contributed by atoms with Crippen molar-refractivity contribution in [2.45, 2.75) is 52.4 Å². The van der Waals surface area contributed by atoms with Crippen LogP contribution in [0, 0.1) is 17.8 Å². The van der Waals surface area contributed by atoms with Crippen LogP contribution in [-0.2, 0) is 4.79 Å². The minimum atomic E-state index is -0.157. The van der Waals surface area contributed by atoms with Crippen molar-refractivity contribution in [3.05, 3.63) is 0 Å². The molecule has 14 heavy (non-hydrogen) atoms. The van der Waals surface area contributed by atoms with Crippen LogP contribution >= 0.6 is 11.6 Å². The maximum absolute atomic E-state index is 10.8. The number of hydrogen-bond donors (Lipinski definition) is 0. The molecule has 82 valence electrons. The van der Waals surface area contributed by atoms with Gasteiger partial charge in [-0.2, -0.15) is 0 Å². The fourth-order valence-corrected chi connectivity index (χ4v) is 2.95. The molecule has 0 aromatic heterocycles. The molecule has 0 saturated heterocycles. The Morgan fingerprint density at radius 3 is 2.64 bits per heavy atom. The van der Waals surface area contributed by atoms with E-state index in [4.69, 9.17) is 11.6 Å². The second-order valence-electron chi connectivity index (χ2n) is 4.76. The third kappa shape index (κ3) is 3.61. The van der Waals surface area contributed by atoms with E-state index in [1.54, 1.807) is 0 Å². The Morgan fingerprint density at radius 2 is 2.14 bits per heavy atom. The van der Waals surface area contributed by atoms with E-state index in [0.29, 0.717) is 18.3 Å². The van der Waals surface area contributed by atoms with Crippen LogP contribution in [0.25, 0.3) is 0 Å². The molecular formula is C12H21ClO. The summed E-state index contributed by atoms with van der Waals surface area (Å²) in [5.41, 5.74) is 0. The number of hydrogen-bond acceptors (Lipinski definition) is 1. The zero-order valence-electron chi connectivity index (χ0n) is 9.26. The molecule has 1 aliphatic rings. The highest BCUT2D eigenvalue weighted by atomic mass is 35.5. The van der Waals surface area contributed by atoms with Crippen molar-refractivity contribution < 1.29 is 4.79 Å². The minimum absolute atomic E-state index is 0.157. The fraction of sp³-hybridized carbons (Fsp3) is 0.917. The van der Waals surface area contributed by atoms with Gasteiger partial charge in [-0.3, -0.25) is 4.79 Å². The molecule has 1 rings (SSSR count). The second kappa shape index (κ2) is 5.75. The normalized spacial score (nSPS) is 32.9. The number of carbonyl (C=O) groups is 1. The van der Waals surface area contributed by atoms with Crippen molar-refractivity contribution in [2.24, 2.45) is 17.8 Å². The predicted octanol–water partition coefficient (Wildman–Crippen LogP) is 3.99. The summed E-state index contributed by atoms with van der Waals surface area (Å²) in [5.74, 6) is 2.13. The molecule has 1 aliphatic carbocycles. The highest BCUT2D eigenvalue weighted by molar-refractivity contribution is 6.63. The zero-order valence-corrected chi connectivity index (χ0v) is 10.0. The van der Waals surface area contributed by atoms with Gasteiger partial charge in [-0.1, -0.05) is 33.1 Å². The smallest absolute Gasteiger partial charge is 0.221 e. The predicted molar refractivity (Wildman–Crippen MR) is 60.4 cm³/mol. The van der Waals surface area contributed by atoms with Gasteiger partial charge in [0.15, 0.2) is 0 Å². The largest absolute Gasteiger partial charge is 0.281 e. The van der Waals surface area contributed by atoms with Gasteiger partial charge in [0.05, 0.1) is 0 Å². The molecule has 1 saturated carbocycles. The Balaban J connectivity index is 2.35. The Kier molecular flexibility index (Phi) is 4.94. The first-order chi connectivity index (χ1) is 6.63. The first kappa shape index (κ1) is 12.0. The van der Waals surface area contributed by atoms with E-state index in [0.717, 1.165) is 5.92 Å². The molecule has 0 aromatic rings. The molecule has 0 bridgehead atoms. The summed E-state index contributed by atoms with van der Waals surface area (Å²) in [4.78, 5) is 10.8. The molecule has 1 nitrogen and oxygen atoms in total. The van der Waals surface area contributed by atoms with Crippen molar-refractivity contribution in [1.29, 1.82) is 0 Å². The summed E-state index contributed by atoms with van der Waals surface area (Å²) in [5, 5.41) is -0.157. The Morgan fingerprint density at radius 1 is 1.43 bits per heavy atom. The van der Waals surface area contributed by atoms with Crippen LogP contribution < -0.4 is 0 Å². The van der Waals surface area contributed by atoms with Gasteiger partial charge >= 0.3 is 0 Å². The van der Waals surface area contributed by atoms with Gasteiger partial charge < -0.3 is 0 Å². The lowest BCUT2D eigenvalue weighted by Crippen LogP contribution is -2.24. The average Bonchev–Trinajstić information content (AvgIpc) is 2.10. The molecule has 0 aromatic carbocycles. The van der Waals surface area contributed by atoms with Crippen LogP contribution in [0.1, 0.15) is 52.4 Å². The average molecular weight is 217 g/mol. The van der Waals surface area contributed by atoms with Gasteiger partial charge in [0.25, 0.3) is 0 Å². The summed E-state index contributed by atoms with van der Waals surface area (Å²) in [6, 6.07) is 0. The molecule has 0 N–H and O–H groups in total. The molecule has 0 spiro atoms. The quantitative estimate of drug-likeness (QED) is 0.650. The molecule has 1 fully saturated rings. The lowest BCUT2D eigenvalue weighted by Gasteiger charge is -2.33.